The first kappa shape index (κ1) is 22.8. The van der Waals surface area contributed by atoms with Crippen molar-refractivity contribution >= 4 is 11.8 Å². The first-order valence-corrected chi connectivity index (χ1v) is 12.7. The molecular weight excluding hydrogens is 428 g/mol. The number of rotatable bonds is 5. The predicted octanol–water partition coefficient (Wildman–Crippen LogP) is 4.72. The number of fused-ring (bicyclic) bond motifs is 4. The van der Waals surface area contributed by atoms with Crippen molar-refractivity contribution in [2.45, 2.75) is 57.9 Å². The van der Waals surface area contributed by atoms with Crippen molar-refractivity contribution in [3.8, 4) is 11.5 Å². The van der Waals surface area contributed by atoms with Gasteiger partial charge in [0.25, 0.3) is 5.91 Å². The maximum Gasteiger partial charge on any atom is 0.254 e. The lowest BCUT2D eigenvalue weighted by Crippen LogP contribution is -2.51. The third kappa shape index (κ3) is 3.93. The smallest absolute Gasteiger partial charge is 0.254 e. The molecule has 1 fully saturated rings. The number of amides is 2. The highest BCUT2D eigenvalue weighted by Gasteiger charge is 2.47. The highest BCUT2D eigenvalue weighted by atomic mass is 16.5. The van der Waals surface area contributed by atoms with Gasteiger partial charge in [-0.1, -0.05) is 31.0 Å². The zero-order chi connectivity index (χ0) is 23.7. The number of benzene rings is 2. The van der Waals surface area contributed by atoms with Crippen LogP contribution in [-0.4, -0.2) is 54.5 Å². The van der Waals surface area contributed by atoms with Gasteiger partial charge in [-0.3, -0.25) is 9.59 Å². The van der Waals surface area contributed by atoms with Gasteiger partial charge in [-0.15, -0.1) is 0 Å². The summed E-state index contributed by atoms with van der Waals surface area (Å²) >= 11 is 0. The van der Waals surface area contributed by atoms with Crippen LogP contribution in [0.5, 0.6) is 11.5 Å². The molecule has 34 heavy (non-hydrogen) atoms. The average Bonchev–Trinajstić information content (AvgIpc) is 3.14. The molecule has 0 N–H and O–H groups in total. The SMILES string of the molecule is CCOc1cc2c(cc1OCC)[C@H]1[C@@H](C(=O)N3CCCCCC3)c3ccccc3C(=O)N1CC2. The fourth-order valence-electron chi connectivity index (χ4n) is 5.83. The normalized spacial score (nSPS) is 21.8. The Bertz CT molecular complexity index is 1070. The molecule has 3 aliphatic heterocycles. The lowest BCUT2D eigenvalue weighted by atomic mass is 9.75. The number of hydrogen-bond donors (Lipinski definition) is 0. The van der Waals surface area contributed by atoms with Crippen molar-refractivity contribution in [3.05, 3.63) is 58.7 Å². The van der Waals surface area contributed by atoms with Crippen molar-refractivity contribution < 1.29 is 19.1 Å². The van der Waals surface area contributed by atoms with E-state index in [1.165, 1.54) is 12.8 Å². The van der Waals surface area contributed by atoms with E-state index in [1.54, 1.807) is 0 Å². The summed E-state index contributed by atoms with van der Waals surface area (Å²) in [7, 11) is 0. The van der Waals surface area contributed by atoms with E-state index in [1.807, 2.05) is 54.0 Å². The lowest BCUT2D eigenvalue weighted by Gasteiger charge is -2.46. The summed E-state index contributed by atoms with van der Waals surface area (Å²) in [6.45, 7) is 7.16. The largest absolute Gasteiger partial charge is 0.490 e. The Hall–Kier alpha value is -3.02. The van der Waals surface area contributed by atoms with Crippen LogP contribution in [0.4, 0.5) is 0 Å². The molecule has 3 heterocycles. The van der Waals surface area contributed by atoms with Gasteiger partial charge in [-0.05, 0) is 68.0 Å². The number of carbonyl (C=O) groups excluding carboxylic acids is 2. The molecule has 0 unspecified atom stereocenters. The third-order valence-corrected chi connectivity index (χ3v) is 7.37. The maximum absolute atomic E-state index is 14.2. The average molecular weight is 463 g/mol. The number of likely N-dealkylation sites (tertiary alicyclic amines) is 1. The summed E-state index contributed by atoms with van der Waals surface area (Å²) in [6, 6.07) is 11.4. The molecule has 6 heteroatoms. The Balaban J connectivity index is 1.64. The molecule has 0 saturated carbocycles. The second-order valence-corrected chi connectivity index (χ2v) is 9.36. The van der Waals surface area contributed by atoms with Crippen molar-refractivity contribution in [3.63, 3.8) is 0 Å². The minimum atomic E-state index is -0.418. The highest BCUT2D eigenvalue weighted by Crippen LogP contribution is 2.49. The maximum atomic E-state index is 14.2. The summed E-state index contributed by atoms with van der Waals surface area (Å²) in [5, 5.41) is 0. The van der Waals surface area contributed by atoms with E-state index in [4.69, 9.17) is 9.47 Å². The second kappa shape index (κ2) is 9.69. The molecule has 2 aromatic carbocycles. The van der Waals surface area contributed by atoms with E-state index < -0.39 is 5.92 Å². The minimum absolute atomic E-state index is 0.0120. The number of nitrogens with zero attached hydrogens (tertiary/aromatic N) is 2. The van der Waals surface area contributed by atoms with Crippen LogP contribution in [-0.2, 0) is 11.2 Å². The Morgan fingerprint density at radius 3 is 2.29 bits per heavy atom. The molecule has 3 aliphatic rings. The van der Waals surface area contributed by atoms with Crippen molar-refractivity contribution in [1.82, 2.24) is 9.80 Å². The molecular formula is C28H34N2O4. The van der Waals surface area contributed by atoms with E-state index in [-0.39, 0.29) is 17.9 Å². The van der Waals surface area contributed by atoms with Crippen LogP contribution in [0.3, 0.4) is 0 Å². The molecule has 1 saturated heterocycles. The first-order valence-electron chi connectivity index (χ1n) is 12.7. The van der Waals surface area contributed by atoms with Crippen molar-refractivity contribution in [1.29, 1.82) is 0 Å². The van der Waals surface area contributed by atoms with Gasteiger partial charge in [0.15, 0.2) is 11.5 Å². The van der Waals surface area contributed by atoms with Crippen LogP contribution in [0, 0.1) is 0 Å². The van der Waals surface area contributed by atoms with Crippen LogP contribution in [0.15, 0.2) is 36.4 Å². The molecule has 6 nitrogen and oxygen atoms in total. The highest BCUT2D eigenvalue weighted by molar-refractivity contribution is 6.01. The fourth-order valence-corrected chi connectivity index (χ4v) is 5.83. The lowest BCUT2D eigenvalue weighted by molar-refractivity contribution is -0.134. The van der Waals surface area contributed by atoms with Gasteiger partial charge in [-0.2, -0.15) is 0 Å². The van der Waals surface area contributed by atoms with E-state index in [0.717, 1.165) is 54.8 Å². The predicted molar refractivity (Wildman–Crippen MR) is 130 cm³/mol. The molecule has 0 radical (unpaired) electrons. The molecule has 2 amide bonds. The van der Waals surface area contributed by atoms with Crippen LogP contribution in [0.1, 0.15) is 78.5 Å². The third-order valence-electron chi connectivity index (χ3n) is 7.37. The number of carbonyl (C=O) groups is 2. The van der Waals surface area contributed by atoms with Crippen LogP contribution in [0.2, 0.25) is 0 Å². The Morgan fingerprint density at radius 2 is 1.59 bits per heavy atom. The molecule has 2 aromatic rings. The minimum Gasteiger partial charge on any atom is -0.490 e. The standard InChI is InChI=1S/C28H34N2O4/c1-3-33-23-17-19-13-16-30-26(22(19)18-24(23)34-4-2)25(20-11-7-8-12-21(20)27(30)31)28(32)29-14-9-5-6-10-15-29/h7-8,11-12,17-18,25-26H,3-6,9-10,13-16H2,1-2H3/t25-,26-/m0/s1. The molecule has 5 rings (SSSR count). The Labute approximate surface area is 201 Å². The van der Waals surface area contributed by atoms with Crippen LogP contribution < -0.4 is 9.47 Å². The quantitative estimate of drug-likeness (QED) is 0.645. The van der Waals surface area contributed by atoms with Gasteiger partial charge in [0, 0.05) is 25.2 Å². The second-order valence-electron chi connectivity index (χ2n) is 9.36. The molecule has 0 aliphatic carbocycles. The van der Waals surface area contributed by atoms with Gasteiger partial charge in [0.2, 0.25) is 5.91 Å². The van der Waals surface area contributed by atoms with E-state index >= 15 is 0 Å². The van der Waals surface area contributed by atoms with E-state index in [2.05, 4.69) is 6.07 Å². The van der Waals surface area contributed by atoms with Gasteiger partial charge in [-0.25, -0.2) is 0 Å². The monoisotopic (exact) mass is 462 g/mol. The van der Waals surface area contributed by atoms with Crippen molar-refractivity contribution in [2.75, 3.05) is 32.8 Å². The molecule has 180 valence electrons. The summed E-state index contributed by atoms with van der Waals surface area (Å²) in [6.07, 6.45) is 5.14. The van der Waals surface area contributed by atoms with E-state index in [0.29, 0.717) is 31.1 Å². The summed E-state index contributed by atoms with van der Waals surface area (Å²) < 4.78 is 11.8. The topological polar surface area (TPSA) is 59.1 Å². The zero-order valence-electron chi connectivity index (χ0n) is 20.2. The Kier molecular flexibility index (Phi) is 6.48. The van der Waals surface area contributed by atoms with E-state index in [9.17, 15) is 9.59 Å². The Morgan fingerprint density at radius 1 is 0.912 bits per heavy atom. The molecule has 0 spiro atoms. The van der Waals surface area contributed by atoms with Gasteiger partial charge in [0.05, 0.1) is 25.2 Å². The van der Waals surface area contributed by atoms with Gasteiger partial charge >= 0.3 is 0 Å². The van der Waals surface area contributed by atoms with Gasteiger partial charge < -0.3 is 19.3 Å². The van der Waals surface area contributed by atoms with Gasteiger partial charge in [0.1, 0.15) is 0 Å². The molecule has 2 atom stereocenters. The molecule has 0 bridgehead atoms. The number of hydrogen-bond acceptors (Lipinski definition) is 4. The zero-order valence-corrected chi connectivity index (χ0v) is 20.2. The van der Waals surface area contributed by atoms with Crippen molar-refractivity contribution in [2.24, 2.45) is 0 Å². The fraction of sp³-hybridized carbons (Fsp3) is 0.500. The number of ether oxygens (including phenoxy) is 2. The first-order chi connectivity index (χ1) is 16.6. The summed E-state index contributed by atoms with van der Waals surface area (Å²) in [5.41, 5.74) is 3.65. The molecule has 0 aromatic heterocycles. The van der Waals surface area contributed by atoms with Crippen LogP contribution in [0.25, 0.3) is 0 Å². The summed E-state index contributed by atoms with van der Waals surface area (Å²) in [4.78, 5) is 31.7. The van der Waals surface area contributed by atoms with Crippen LogP contribution >= 0.6 is 0 Å². The summed E-state index contributed by atoms with van der Waals surface area (Å²) in [5.74, 6) is 1.14.